The van der Waals surface area contributed by atoms with Crippen LogP contribution >= 0.6 is 15.9 Å². The molecule has 0 bridgehead atoms. The lowest BCUT2D eigenvalue weighted by atomic mass is 10.4. The molecule has 0 N–H and O–H groups in total. The van der Waals surface area contributed by atoms with Gasteiger partial charge in [0.15, 0.2) is 9.84 Å². The molecule has 0 atom stereocenters. The van der Waals surface area contributed by atoms with Crippen LogP contribution in [0.1, 0.15) is 19.8 Å². The molecule has 2 nitrogen and oxygen atoms in total. The molecule has 0 spiro atoms. The first kappa shape index (κ1) is 9.43. The van der Waals surface area contributed by atoms with Crippen molar-refractivity contribution in [2.24, 2.45) is 0 Å². The molecule has 0 aliphatic carbocycles. The van der Waals surface area contributed by atoms with Crippen LogP contribution in [0.15, 0.2) is 0 Å². The maximum atomic E-state index is 10.7. The second kappa shape index (κ2) is 4.28. The summed E-state index contributed by atoms with van der Waals surface area (Å²) in [5, 5.41) is 0. The lowest BCUT2D eigenvalue weighted by molar-refractivity contribution is 0.597. The zero-order valence-electron chi connectivity index (χ0n) is 5.43. The van der Waals surface area contributed by atoms with E-state index in [1.165, 1.54) is 0 Å². The lowest BCUT2D eigenvalue weighted by Crippen LogP contribution is -2.05. The summed E-state index contributed by atoms with van der Waals surface area (Å²) in [6, 6.07) is 0. The Kier molecular flexibility index (Phi) is 4.48. The van der Waals surface area contributed by atoms with E-state index in [1.807, 2.05) is 6.92 Å². The summed E-state index contributed by atoms with van der Waals surface area (Å²) in [4.78, 5) is 0. The fraction of sp³-hybridized carbons (Fsp3) is 1.00. The molecule has 0 unspecified atom stereocenters. The van der Waals surface area contributed by atoms with Gasteiger partial charge in [-0.1, -0.05) is 29.3 Å². The van der Waals surface area contributed by atoms with Gasteiger partial charge in [-0.2, -0.15) is 0 Å². The van der Waals surface area contributed by atoms with E-state index in [0.717, 1.165) is 12.8 Å². The Labute approximate surface area is 64.7 Å². The summed E-state index contributed by atoms with van der Waals surface area (Å²) in [6.45, 7) is 1.98. The molecule has 0 aromatic heterocycles. The molecule has 0 rings (SSSR count). The fourth-order valence-electron chi connectivity index (χ4n) is 0.419. The Morgan fingerprint density at radius 1 is 1.44 bits per heavy atom. The molecule has 0 aromatic rings. The van der Waals surface area contributed by atoms with Gasteiger partial charge in [0.05, 0.1) is 5.75 Å². The standard InChI is InChI=1S/C5H11BrO2S/c1-2-3-4-9(7,8)5-6/h2-5H2,1H3. The average Bonchev–Trinajstić information content (AvgIpc) is 1.84. The van der Waals surface area contributed by atoms with Crippen molar-refractivity contribution in [3.63, 3.8) is 0 Å². The Bertz CT molecular complexity index is 150. The van der Waals surface area contributed by atoms with E-state index in [4.69, 9.17) is 0 Å². The normalized spacial score (nSPS) is 11.8. The van der Waals surface area contributed by atoms with E-state index in [0.29, 0.717) is 5.75 Å². The van der Waals surface area contributed by atoms with Crippen molar-refractivity contribution in [3.8, 4) is 0 Å². The molecule has 0 radical (unpaired) electrons. The minimum Gasteiger partial charge on any atom is -0.228 e. The Morgan fingerprint density at radius 3 is 2.33 bits per heavy atom. The minimum absolute atomic E-state index is 0.0972. The highest BCUT2D eigenvalue weighted by Crippen LogP contribution is 1.99. The highest BCUT2D eigenvalue weighted by atomic mass is 79.9. The maximum Gasteiger partial charge on any atom is 0.160 e. The molecule has 0 aliphatic heterocycles. The predicted octanol–water partition coefficient (Wildman–Crippen LogP) is 1.55. The minimum atomic E-state index is -2.76. The first-order valence-corrected chi connectivity index (χ1v) is 5.83. The monoisotopic (exact) mass is 214 g/mol. The maximum absolute atomic E-state index is 10.7. The van der Waals surface area contributed by atoms with Gasteiger partial charge >= 0.3 is 0 Å². The Balaban J connectivity index is 3.61. The summed E-state index contributed by atoms with van der Waals surface area (Å²) >= 11 is 2.91. The molecule has 0 fully saturated rings. The molecule has 0 amide bonds. The van der Waals surface area contributed by atoms with Crippen molar-refractivity contribution in [1.82, 2.24) is 0 Å². The second-order valence-electron chi connectivity index (χ2n) is 1.91. The van der Waals surface area contributed by atoms with Crippen molar-refractivity contribution in [2.75, 3.05) is 10.4 Å². The first-order chi connectivity index (χ1) is 4.12. The molecule has 0 aromatic carbocycles. The van der Waals surface area contributed by atoms with Gasteiger partial charge in [-0.15, -0.1) is 0 Å². The molecule has 9 heavy (non-hydrogen) atoms. The number of halogens is 1. The highest BCUT2D eigenvalue weighted by molar-refractivity contribution is 9.10. The van der Waals surface area contributed by atoms with Crippen molar-refractivity contribution < 1.29 is 8.42 Å². The smallest absolute Gasteiger partial charge is 0.160 e. The van der Waals surface area contributed by atoms with Crippen LogP contribution in [0.2, 0.25) is 0 Å². The van der Waals surface area contributed by atoms with Gasteiger partial charge in [0, 0.05) is 0 Å². The third-order valence-corrected chi connectivity index (χ3v) is 4.31. The van der Waals surface area contributed by atoms with Crippen molar-refractivity contribution >= 4 is 25.8 Å². The van der Waals surface area contributed by atoms with Gasteiger partial charge in [-0.05, 0) is 6.42 Å². The third kappa shape index (κ3) is 4.90. The van der Waals surface area contributed by atoms with Crippen LogP contribution in [0.4, 0.5) is 0 Å². The van der Waals surface area contributed by atoms with E-state index in [2.05, 4.69) is 15.9 Å². The summed E-state index contributed by atoms with van der Waals surface area (Å²) in [6.07, 6.45) is 1.71. The quantitative estimate of drug-likeness (QED) is 0.667. The van der Waals surface area contributed by atoms with E-state index in [1.54, 1.807) is 0 Å². The van der Waals surface area contributed by atoms with Crippen LogP contribution in [-0.4, -0.2) is 18.8 Å². The second-order valence-corrected chi connectivity index (χ2v) is 5.40. The van der Waals surface area contributed by atoms with Crippen LogP contribution in [0.3, 0.4) is 0 Å². The van der Waals surface area contributed by atoms with Gasteiger partial charge in [-0.3, -0.25) is 0 Å². The molecule has 56 valence electrons. The summed E-state index contributed by atoms with van der Waals surface area (Å²) in [7, 11) is -2.76. The fourth-order valence-corrected chi connectivity index (χ4v) is 1.94. The molecule has 0 aliphatic rings. The van der Waals surface area contributed by atoms with Crippen molar-refractivity contribution in [1.29, 1.82) is 0 Å². The third-order valence-electron chi connectivity index (χ3n) is 0.975. The zero-order chi connectivity index (χ0) is 7.33. The summed E-state index contributed by atoms with van der Waals surface area (Å²) < 4.78 is 21.5. The number of unbranched alkanes of at least 4 members (excludes halogenated alkanes) is 1. The average molecular weight is 215 g/mol. The first-order valence-electron chi connectivity index (χ1n) is 2.89. The molecule has 0 saturated carbocycles. The number of alkyl halides is 1. The van der Waals surface area contributed by atoms with Gasteiger partial charge < -0.3 is 0 Å². The van der Waals surface area contributed by atoms with E-state index >= 15 is 0 Å². The number of hydrogen-bond donors (Lipinski definition) is 0. The van der Waals surface area contributed by atoms with E-state index in [-0.39, 0.29) is 4.66 Å². The van der Waals surface area contributed by atoms with Crippen LogP contribution in [0, 0.1) is 0 Å². The van der Waals surface area contributed by atoms with Gasteiger partial charge in [0.25, 0.3) is 0 Å². The zero-order valence-corrected chi connectivity index (χ0v) is 7.83. The van der Waals surface area contributed by atoms with Gasteiger partial charge in [0.1, 0.15) is 4.66 Å². The van der Waals surface area contributed by atoms with Crippen molar-refractivity contribution in [3.05, 3.63) is 0 Å². The van der Waals surface area contributed by atoms with Crippen LogP contribution < -0.4 is 0 Å². The van der Waals surface area contributed by atoms with Crippen molar-refractivity contribution in [2.45, 2.75) is 19.8 Å². The molecular weight excluding hydrogens is 204 g/mol. The van der Waals surface area contributed by atoms with Gasteiger partial charge in [-0.25, -0.2) is 8.42 Å². The largest absolute Gasteiger partial charge is 0.228 e. The van der Waals surface area contributed by atoms with Crippen LogP contribution in [0.25, 0.3) is 0 Å². The van der Waals surface area contributed by atoms with Crippen LogP contribution in [0.5, 0.6) is 0 Å². The van der Waals surface area contributed by atoms with E-state index in [9.17, 15) is 8.42 Å². The Hall–Kier alpha value is 0.430. The van der Waals surface area contributed by atoms with Gasteiger partial charge in [0.2, 0.25) is 0 Å². The van der Waals surface area contributed by atoms with E-state index < -0.39 is 9.84 Å². The Morgan fingerprint density at radius 2 is 2.00 bits per heavy atom. The lowest BCUT2D eigenvalue weighted by Gasteiger charge is -1.95. The SMILES string of the molecule is CCCCS(=O)(=O)CBr. The number of rotatable bonds is 4. The molecule has 0 heterocycles. The summed E-state index contributed by atoms with van der Waals surface area (Å²) in [5.74, 6) is 0.314. The van der Waals surface area contributed by atoms with Crippen LogP contribution in [-0.2, 0) is 9.84 Å². The topological polar surface area (TPSA) is 34.1 Å². The number of hydrogen-bond acceptors (Lipinski definition) is 2. The molecule has 0 saturated heterocycles. The summed E-state index contributed by atoms with van der Waals surface area (Å²) in [5.41, 5.74) is 0. The molecule has 4 heteroatoms. The highest BCUT2D eigenvalue weighted by Gasteiger charge is 2.05. The predicted molar refractivity (Wildman–Crippen MR) is 42.5 cm³/mol. The molecular formula is C5H11BrO2S. The number of sulfone groups is 1.